The molecular formula is C65H85Cl2N9O8. The summed E-state index contributed by atoms with van der Waals surface area (Å²) < 4.78 is 35.4. The van der Waals surface area contributed by atoms with Crippen molar-refractivity contribution in [2.24, 2.45) is 0 Å². The summed E-state index contributed by atoms with van der Waals surface area (Å²) in [6, 6.07) is 27.3. The highest BCUT2D eigenvalue weighted by molar-refractivity contribution is 6.31. The first-order chi connectivity index (χ1) is 41.2. The highest BCUT2D eigenvalue weighted by Gasteiger charge is 2.37. The summed E-state index contributed by atoms with van der Waals surface area (Å²) in [5.74, 6) is 1.68. The van der Waals surface area contributed by atoms with Gasteiger partial charge in [-0.2, -0.15) is 0 Å². The van der Waals surface area contributed by atoms with Crippen LogP contribution in [0, 0.1) is 0 Å². The van der Waals surface area contributed by atoms with Crippen molar-refractivity contribution < 1.29 is 38.0 Å². The first kappa shape index (κ1) is 62.2. The molecular weight excluding hydrogens is 1110 g/mol. The molecule has 6 heterocycles. The Morgan fingerprint density at radius 3 is 1.57 bits per heavy atom. The van der Waals surface area contributed by atoms with Crippen LogP contribution in [0.3, 0.4) is 0 Å². The molecule has 3 N–H and O–H groups in total. The van der Waals surface area contributed by atoms with Crippen LogP contribution in [-0.2, 0) is 38.3 Å². The molecule has 17 nitrogen and oxygen atoms in total. The van der Waals surface area contributed by atoms with Gasteiger partial charge in [0.2, 0.25) is 0 Å². The van der Waals surface area contributed by atoms with Gasteiger partial charge in [-0.1, -0.05) is 73.2 Å². The molecule has 7 aromatic rings. The molecule has 2 amide bonds. The maximum atomic E-state index is 13.1. The topological polar surface area (TPSA) is 164 Å². The number of methoxy groups -OCH3 is 2. The number of nitrogens with zero attached hydrogens (tertiary/aromatic N) is 6. The number of piperazine rings is 1. The van der Waals surface area contributed by atoms with E-state index in [2.05, 4.69) is 53.8 Å². The van der Waals surface area contributed by atoms with Crippen LogP contribution in [0.1, 0.15) is 104 Å². The number of likely N-dealkylation sites (N-methyl/N-ethyl adjacent to an activating group) is 1. The quantitative estimate of drug-likeness (QED) is 0.0398. The zero-order chi connectivity index (χ0) is 58.5. The molecule has 0 saturated carbocycles. The Morgan fingerprint density at radius 1 is 0.571 bits per heavy atom. The van der Waals surface area contributed by atoms with Gasteiger partial charge in [-0.3, -0.25) is 9.80 Å². The summed E-state index contributed by atoms with van der Waals surface area (Å²) in [6.45, 7) is 12.7. The molecule has 0 radical (unpaired) electrons. The van der Waals surface area contributed by atoms with Gasteiger partial charge in [0.1, 0.15) is 36.8 Å². The number of aromatic nitrogens is 4. The van der Waals surface area contributed by atoms with Crippen LogP contribution in [0.5, 0.6) is 11.5 Å². The van der Waals surface area contributed by atoms with Gasteiger partial charge in [0, 0.05) is 116 Å². The number of aryl methyl sites for hydroxylation is 1. The largest absolute Gasteiger partial charge is 0.494 e. The minimum Gasteiger partial charge on any atom is -0.494 e. The molecule has 2 unspecified atom stereocenters. The fourth-order valence-corrected chi connectivity index (χ4v) is 11.9. The number of aromatic amines is 2. The number of unbranched alkanes of at least 4 members (excludes halogenated alkanes) is 6. The zero-order valence-electron chi connectivity index (χ0n) is 49.3. The van der Waals surface area contributed by atoms with Crippen molar-refractivity contribution in [1.82, 2.24) is 44.4 Å². The van der Waals surface area contributed by atoms with Crippen LogP contribution < -0.4 is 14.8 Å². The SMILES string of the molecule is COCCOC(=O)N1CCc2c([nH]c3ccc(Cl)cc23)C1c1ccc(OCCCCCCN2CCN(C)CC2)cc1.COCCOC(=O)N1CCc2c([nH]c3ccc(Cl)cc23)C1c1ccc(OCCCCCCNCCCn2ccnc2)cc1. The van der Waals surface area contributed by atoms with Gasteiger partial charge in [-0.25, -0.2) is 14.6 Å². The lowest BCUT2D eigenvalue weighted by Gasteiger charge is -2.35. The fraction of sp³-hybridized carbons (Fsp3) is 0.492. The fourth-order valence-electron chi connectivity index (χ4n) is 11.6. The monoisotopic (exact) mass is 1190 g/mol. The molecule has 4 aromatic carbocycles. The number of benzene rings is 4. The minimum atomic E-state index is -0.352. The molecule has 3 aliphatic rings. The number of carbonyl (C=O) groups is 2. The molecule has 84 heavy (non-hydrogen) atoms. The average molecular weight is 1190 g/mol. The molecule has 1 fully saturated rings. The van der Waals surface area contributed by atoms with Crippen LogP contribution in [0.4, 0.5) is 9.59 Å². The van der Waals surface area contributed by atoms with Crippen molar-refractivity contribution in [2.45, 2.75) is 89.3 Å². The number of hydrogen-bond donors (Lipinski definition) is 3. The maximum Gasteiger partial charge on any atom is 0.410 e. The highest BCUT2D eigenvalue weighted by Crippen LogP contribution is 2.42. The number of fused-ring (bicyclic) bond motifs is 6. The van der Waals surface area contributed by atoms with Gasteiger partial charge in [0.05, 0.1) is 32.8 Å². The van der Waals surface area contributed by atoms with E-state index in [1.807, 2.05) is 91.5 Å². The summed E-state index contributed by atoms with van der Waals surface area (Å²) in [5.41, 5.74) is 8.40. The molecule has 0 aliphatic carbocycles. The number of hydrogen-bond acceptors (Lipinski definition) is 12. The van der Waals surface area contributed by atoms with Gasteiger partial charge in [0.15, 0.2) is 0 Å². The Kier molecular flexibility index (Phi) is 23.9. The number of halogens is 2. The Balaban J connectivity index is 0.000000202. The molecule has 3 aliphatic heterocycles. The summed E-state index contributed by atoms with van der Waals surface area (Å²) in [7, 11) is 5.39. The standard InChI is InChI=1S/C33H42ClN5O4.C32H43ClN4O4/c1-41-21-22-43-33(40)39-18-13-28-29-23-26(34)9-12-30(29)37-31(28)32(39)25-7-10-27(11-8-25)42-20-5-3-2-4-14-35-15-6-17-38-19-16-36-24-38;1-35-16-18-36(19-17-35)14-5-3-4-6-20-40-26-10-7-24(8-11-26)31-30-27(28-23-25(33)9-12-29(28)34-30)13-15-37(31)32(38)41-22-21-39-2/h7-12,16,19,23-24,32,35,37H,2-6,13-15,17-18,20-22H2,1H3;7-12,23,31,34H,3-6,13-22H2,1-2H3. The molecule has 452 valence electrons. The van der Waals surface area contributed by atoms with Gasteiger partial charge < -0.3 is 58.1 Å². The summed E-state index contributed by atoms with van der Waals surface area (Å²) in [5, 5.41) is 7.13. The van der Waals surface area contributed by atoms with Gasteiger partial charge in [0.25, 0.3) is 0 Å². The molecule has 0 bridgehead atoms. The van der Waals surface area contributed by atoms with Crippen LogP contribution >= 0.6 is 23.2 Å². The molecule has 19 heteroatoms. The zero-order valence-corrected chi connectivity index (χ0v) is 50.8. The second-order valence-corrected chi connectivity index (χ2v) is 22.9. The van der Waals surface area contributed by atoms with E-state index in [-0.39, 0.29) is 37.5 Å². The third-order valence-corrected chi connectivity index (χ3v) is 16.6. The first-order valence-electron chi connectivity index (χ1n) is 30.1. The lowest BCUT2D eigenvalue weighted by Crippen LogP contribution is -2.44. The van der Waals surface area contributed by atoms with E-state index in [9.17, 15) is 9.59 Å². The number of imidazole rings is 1. The van der Waals surface area contributed by atoms with Crippen LogP contribution in [-0.4, -0.2) is 171 Å². The van der Waals surface area contributed by atoms with Crippen LogP contribution in [0.25, 0.3) is 21.8 Å². The van der Waals surface area contributed by atoms with Gasteiger partial charge in [-0.05, 0) is 155 Å². The maximum absolute atomic E-state index is 13.1. The van der Waals surface area contributed by atoms with E-state index in [0.717, 1.165) is 114 Å². The van der Waals surface area contributed by atoms with E-state index in [1.54, 1.807) is 24.0 Å². The van der Waals surface area contributed by atoms with E-state index in [4.69, 9.17) is 51.6 Å². The number of amides is 2. The number of carbonyl (C=O) groups excluding carboxylic acids is 2. The van der Waals surface area contributed by atoms with Crippen molar-refractivity contribution in [3.8, 4) is 11.5 Å². The van der Waals surface area contributed by atoms with Gasteiger partial charge in [-0.15, -0.1) is 0 Å². The molecule has 2 atom stereocenters. The predicted octanol–water partition coefficient (Wildman–Crippen LogP) is 12.1. The van der Waals surface area contributed by atoms with Crippen LogP contribution in [0.2, 0.25) is 10.0 Å². The number of rotatable bonds is 28. The normalized spacial score (nSPS) is 16.3. The lowest BCUT2D eigenvalue weighted by molar-refractivity contribution is 0.0626. The summed E-state index contributed by atoms with van der Waals surface area (Å²) in [4.78, 5) is 46.1. The van der Waals surface area contributed by atoms with Crippen molar-refractivity contribution >= 4 is 57.2 Å². The predicted molar refractivity (Wildman–Crippen MR) is 332 cm³/mol. The lowest BCUT2D eigenvalue weighted by atomic mass is 9.92. The van der Waals surface area contributed by atoms with Crippen LogP contribution in [0.15, 0.2) is 104 Å². The smallest absolute Gasteiger partial charge is 0.410 e. The van der Waals surface area contributed by atoms with E-state index < -0.39 is 0 Å². The van der Waals surface area contributed by atoms with Crippen molar-refractivity contribution in [3.05, 3.63) is 147 Å². The van der Waals surface area contributed by atoms with E-state index in [0.29, 0.717) is 49.6 Å². The second-order valence-electron chi connectivity index (χ2n) is 22.0. The average Bonchev–Trinajstić information content (AvgIpc) is 2.89. The Bertz CT molecular complexity index is 3110. The molecule has 10 rings (SSSR count). The second kappa shape index (κ2) is 32.3. The highest BCUT2D eigenvalue weighted by atomic mass is 35.5. The number of nitrogens with one attached hydrogen (secondary N) is 3. The third-order valence-electron chi connectivity index (χ3n) is 16.1. The number of ether oxygens (including phenoxy) is 6. The molecule has 1 saturated heterocycles. The van der Waals surface area contributed by atoms with E-state index >= 15 is 0 Å². The van der Waals surface area contributed by atoms with Crippen molar-refractivity contribution in [2.75, 3.05) is 120 Å². The Morgan fingerprint density at radius 2 is 1.07 bits per heavy atom. The summed E-state index contributed by atoms with van der Waals surface area (Å²) >= 11 is 12.6. The molecule has 0 spiro atoms. The Labute approximate surface area is 505 Å². The Hall–Kier alpha value is -6.31. The van der Waals surface area contributed by atoms with E-state index in [1.165, 1.54) is 76.0 Å². The van der Waals surface area contributed by atoms with Crippen molar-refractivity contribution in [1.29, 1.82) is 0 Å². The third kappa shape index (κ3) is 17.2. The van der Waals surface area contributed by atoms with Crippen molar-refractivity contribution in [3.63, 3.8) is 0 Å². The van der Waals surface area contributed by atoms with Gasteiger partial charge >= 0.3 is 12.2 Å². The summed E-state index contributed by atoms with van der Waals surface area (Å²) in [6.07, 6.45) is 16.8. The first-order valence-corrected chi connectivity index (χ1v) is 30.9. The number of H-pyrrole nitrogens is 2. The minimum absolute atomic E-state index is 0.212. The molecule has 3 aromatic heterocycles.